The summed E-state index contributed by atoms with van der Waals surface area (Å²) in [6.07, 6.45) is 6.99. The highest BCUT2D eigenvalue weighted by molar-refractivity contribution is 5.93. The Morgan fingerprint density at radius 2 is 1.95 bits per heavy atom. The van der Waals surface area contributed by atoms with Gasteiger partial charge in [0, 0.05) is 12.5 Å². The molecule has 1 aromatic heterocycles. The molecule has 0 saturated heterocycles. The van der Waals surface area contributed by atoms with E-state index in [0.29, 0.717) is 18.5 Å². The first-order chi connectivity index (χ1) is 9.19. The van der Waals surface area contributed by atoms with Crippen LogP contribution in [-0.4, -0.2) is 21.2 Å². The summed E-state index contributed by atoms with van der Waals surface area (Å²) in [5.74, 6) is 2.54. The van der Waals surface area contributed by atoms with Crippen LogP contribution in [0, 0.1) is 12.3 Å². The number of nitrogens with zero attached hydrogens (tertiary/aromatic N) is 2. The number of terminal acetylenes is 1. The maximum atomic E-state index is 12.4. The lowest BCUT2D eigenvalue weighted by atomic mass is 9.92. The van der Waals surface area contributed by atoms with Crippen molar-refractivity contribution in [1.29, 1.82) is 0 Å². The van der Waals surface area contributed by atoms with Crippen LogP contribution in [0.2, 0.25) is 0 Å². The molecule has 0 bridgehead atoms. The molecule has 0 aliphatic rings. The number of amides is 1. The zero-order valence-electron chi connectivity index (χ0n) is 13.4. The average molecular weight is 275 g/mol. The minimum Gasteiger partial charge on any atom is -0.334 e. The number of carbonyl (C=O) groups is 1. The normalized spacial score (nSPS) is 12.1. The van der Waals surface area contributed by atoms with E-state index in [1.165, 1.54) is 0 Å². The summed E-state index contributed by atoms with van der Waals surface area (Å²) in [7, 11) is 1.78. The molecule has 0 spiro atoms. The van der Waals surface area contributed by atoms with Crippen LogP contribution in [0.3, 0.4) is 0 Å². The molecular weight excluding hydrogens is 250 g/mol. The second kappa shape index (κ2) is 5.70. The number of hydrogen-bond acceptors (Lipinski definition) is 2. The van der Waals surface area contributed by atoms with Crippen molar-refractivity contribution in [3.63, 3.8) is 0 Å². The highest BCUT2D eigenvalue weighted by atomic mass is 16.2. The number of hydrogen-bond donors (Lipinski definition) is 1. The fraction of sp³-hybridized carbons (Fsp3) is 0.625. The molecule has 1 aromatic rings. The van der Waals surface area contributed by atoms with Gasteiger partial charge < -0.3 is 5.32 Å². The molecule has 4 nitrogen and oxygen atoms in total. The van der Waals surface area contributed by atoms with E-state index in [4.69, 9.17) is 6.42 Å². The van der Waals surface area contributed by atoms with Crippen LogP contribution >= 0.6 is 0 Å². The van der Waals surface area contributed by atoms with Gasteiger partial charge in [-0.25, -0.2) is 0 Å². The Morgan fingerprint density at radius 3 is 2.30 bits per heavy atom. The van der Waals surface area contributed by atoms with Crippen molar-refractivity contribution in [2.75, 3.05) is 0 Å². The molecule has 0 fully saturated rings. The molecule has 4 heteroatoms. The lowest BCUT2D eigenvalue weighted by Crippen LogP contribution is -2.46. The van der Waals surface area contributed by atoms with E-state index in [9.17, 15) is 4.79 Å². The number of nitrogens with one attached hydrogen (secondary N) is 1. The van der Waals surface area contributed by atoms with Crippen molar-refractivity contribution < 1.29 is 4.79 Å². The quantitative estimate of drug-likeness (QED) is 0.859. The largest absolute Gasteiger partial charge is 0.334 e. The second-order valence-electron chi connectivity index (χ2n) is 6.18. The van der Waals surface area contributed by atoms with Crippen molar-refractivity contribution >= 4 is 5.91 Å². The van der Waals surface area contributed by atoms with E-state index < -0.39 is 5.54 Å². The molecule has 0 atom stereocenters. The smallest absolute Gasteiger partial charge is 0.270 e. The molecule has 0 aliphatic carbocycles. The van der Waals surface area contributed by atoms with E-state index in [-0.39, 0.29) is 11.3 Å². The lowest BCUT2D eigenvalue weighted by molar-refractivity contribution is 0.0906. The van der Waals surface area contributed by atoms with Gasteiger partial charge in [0.2, 0.25) is 0 Å². The van der Waals surface area contributed by atoms with Gasteiger partial charge in [0.1, 0.15) is 11.2 Å². The van der Waals surface area contributed by atoms with Crippen LogP contribution in [0.5, 0.6) is 0 Å². The summed E-state index contributed by atoms with van der Waals surface area (Å²) in [5.41, 5.74) is 0.763. The Kier molecular flexibility index (Phi) is 4.65. The molecule has 0 radical (unpaired) electrons. The third-order valence-electron chi connectivity index (χ3n) is 3.72. The van der Waals surface area contributed by atoms with Gasteiger partial charge in [-0.15, -0.1) is 6.42 Å². The lowest BCUT2D eigenvalue weighted by Gasteiger charge is -2.26. The summed E-state index contributed by atoms with van der Waals surface area (Å²) in [5, 5.41) is 7.38. The summed E-state index contributed by atoms with van der Waals surface area (Å²) in [4.78, 5) is 12.4. The van der Waals surface area contributed by atoms with Crippen molar-refractivity contribution in [3.8, 4) is 12.3 Å². The monoisotopic (exact) mass is 275 g/mol. The molecule has 0 saturated carbocycles. The maximum Gasteiger partial charge on any atom is 0.270 e. The summed E-state index contributed by atoms with van der Waals surface area (Å²) in [6.45, 7) is 10.2. The van der Waals surface area contributed by atoms with Crippen LogP contribution in [-0.2, 0) is 12.5 Å². The fourth-order valence-corrected chi connectivity index (χ4v) is 1.99. The Morgan fingerprint density at radius 1 is 1.40 bits per heavy atom. The standard InChI is InChI=1S/C16H25N3O/c1-8-16(9-2,10-3)17-14(20)12-11-13(15(4,5)6)18-19(12)7/h1,11H,9-10H2,2-7H3,(H,17,20). The molecule has 110 valence electrons. The Bertz CT molecular complexity index is 525. The van der Waals surface area contributed by atoms with E-state index >= 15 is 0 Å². The molecule has 1 N–H and O–H groups in total. The molecule has 0 aliphatic heterocycles. The molecular formula is C16H25N3O. The highest BCUT2D eigenvalue weighted by Crippen LogP contribution is 2.22. The maximum absolute atomic E-state index is 12.4. The van der Waals surface area contributed by atoms with E-state index in [1.807, 2.05) is 19.9 Å². The van der Waals surface area contributed by atoms with Crippen LogP contribution in [0.25, 0.3) is 0 Å². The van der Waals surface area contributed by atoms with Crippen molar-refractivity contribution in [2.24, 2.45) is 7.05 Å². The molecule has 0 aromatic carbocycles. The van der Waals surface area contributed by atoms with Gasteiger partial charge in [-0.3, -0.25) is 9.48 Å². The average Bonchev–Trinajstić information content (AvgIpc) is 2.78. The van der Waals surface area contributed by atoms with E-state index in [1.54, 1.807) is 11.7 Å². The minimum atomic E-state index is -0.580. The van der Waals surface area contributed by atoms with Crippen LogP contribution in [0.15, 0.2) is 6.07 Å². The number of rotatable bonds is 4. The summed E-state index contributed by atoms with van der Waals surface area (Å²) < 4.78 is 1.61. The van der Waals surface area contributed by atoms with Gasteiger partial charge in [0.25, 0.3) is 5.91 Å². The molecule has 1 heterocycles. The topological polar surface area (TPSA) is 46.9 Å². The summed E-state index contributed by atoms with van der Waals surface area (Å²) in [6, 6.07) is 1.84. The van der Waals surface area contributed by atoms with Crippen molar-refractivity contribution in [3.05, 3.63) is 17.5 Å². The number of aromatic nitrogens is 2. The minimum absolute atomic E-state index is 0.0883. The third kappa shape index (κ3) is 3.22. The Balaban J connectivity index is 3.05. The van der Waals surface area contributed by atoms with Gasteiger partial charge in [-0.1, -0.05) is 40.5 Å². The predicted molar refractivity (Wildman–Crippen MR) is 81.5 cm³/mol. The predicted octanol–water partition coefficient (Wildman–Crippen LogP) is 2.64. The third-order valence-corrected chi connectivity index (χ3v) is 3.72. The van der Waals surface area contributed by atoms with Gasteiger partial charge in [0.15, 0.2) is 0 Å². The van der Waals surface area contributed by atoms with Crippen molar-refractivity contribution in [1.82, 2.24) is 15.1 Å². The second-order valence-corrected chi connectivity index (χ2v) is 6.18. The Hall–Kier alpha value is -1.76. The van der Waals surface area contributed by atoms with Crippen molar-refractivity contribution in [2.45, 2.75) is 58.4 Å². The SMILES string of the molecule is C#CC(CC)(CC)NC(=O)c1cc(C(C)(C)C)nn1C. The van der Waals surface area contributed by atoms with Gasteiger partial charge in [-0.05, 0) is 18.9 Å². The molecule has 0 unspecified atom stereocenters. The first kappa shape index (κ1) is 16.3. The Labute approximate surface area is 121 Å². The van der Waals surface area contributed by atoms with Gasteiger partial charge in [0.05, 0.1) is 5.69 Å². The number of carbonyl (C=O) groups excluding carboxylic acids is 1. The fourth-order valence-electron chi connectivity index (χ4n) is 1.99. The van der Waals surface area contributed by atoms with Gasteiger partial charge in [-0.2, -0.15) is 5.10 Å². The van der Waals surface area contributed by atoms with E-state index in [0.717, 1.165) is 5.69 Å². The zero-order chi connectivity index (χ0) is 15.6. The first-order valence-electron chi connectivity index (χ1n) is 7.04. The van der Waals surface area contributed by atoms with Crippen LogP contribution < -0.4 is 5.32 Å². The molecule has 1 amide bonds. The van der Waals surface area contributed by atoms with Gasteiger partial charge >= 0.3 is 0 Å². The van der Waals surface area contributed by atoms with Crippen LogP contribution in [0.4, 0.5) is 0 Å². The zero-order valence-corrected chi connectivity index (χ0v) is 13.4. The molecule has 1 rings (SSSR count). The first-order valence-corrected chi connectivity index (χ1v) is 7.04. The number of aryl methyl sites for hydroxylation is 1. The summed E-state index contributed by atoms with van der Waals surface area (Å²) >= 11 is 0. The van der Waals surface area contributed by atoms with E-state index in [2.05, 4.69) is 37.1 Å². The van der Waals surface area contributed by atoms with Crippen LogP contribution in [0.1, 0.15) is 63.6 Å². The highest BCUT2D eigenvalue weighted by Gasteiger charge is 2.28. The molecule has 20 heavy (non-hydrogen) atoms.